The van der Waals surface area contributed by atoms with Crippen molar-refractivity contribution in [1.29, 1.82) is 0 Å². The number of morpholine rings is 1. The molecule has 174 valence electrons. The number of hydrogen-bond donors (Lipinski definition) is 2. The Bertz CT molecular complexity index is 957. The maximum atomic E-state index is 12.8. The molecule has 3 rings (SSSR count). The van der Waals surface area contributed by atoms with Crippen LogP contribution in [-0.4, -0.2) is 73.7 Å². The fourth-order valence-electron chi connectivity index (χ4n) is 3.75. The minimum Gasteiger partial charge on any atom is -0.508 e. The summed E-state index contributed by atoms with van der Waals surface area (Å²) in [5.74, 6) is -0.524. The van der Waals surface area contributed by atoms with E-state index in [1.807, 2.05) is 12.1 Å². The Morgan fingerprint density at radius 2 is 1.69 bits per heavy atom. The van der Waals surface area contributed by atoms with E-state index in [0.717, 1.165) is 57.7 Å². The van der Waals surface area contributed by atoms with Crippen molar-refractivity contribution < 1.29 is 28.3 Å². The number of carbonyl (C=O) groups excluding carboxylic acids is 1. The second kappa shape index (κ2) is 11.4. The van der Waals surface area contributed by atoms with Crippen molar-refractivity contribution in [3.8, 4) is 5.75 Å². The lowest BCUT2D eigenvalue weighted by Crippen LogP contribution is -2.36. The number of hydroxylamine groups is 2. The molecule has 0 radical (unpaired) electrons. The number of ether oxygens (including phenoxy) is 1. The van der Waals surface area contributed by atoms with Gasteiger partial charge in [-0.1, -0.05) is 24.3 Å². The third-order valence-electron chi connectivity index (χ3n) is 5.66. The first kappa shape index (κ1) is 24.2. The topological polar surface area (TPSA) is 107 Å². The van der Waals surface area contributed by atoms with Crippen molar-refractivity contribution in [2.45, 2.75) is 30.2 Å². The van der Waals surface area contributed by atoms with Crippen molar-refractivity contribution in [3.05, 3.63) is 59.7 Å². The molecule has 9 heteroatoms. The second-order valence-corrected chi connectivity index (χ2v) is 9.96. The highest BCUT2D eigenvalue weighted by molar-refractivity contribution is 7.91. The molecule has 0 aromatic heterocycles. The van der Waals surface area contributed by atoms with Crippen molar-refractivity contribution in [2.24, 2.45) is 0 Å². The predicted octanol–water partition coefficient (Wildman–Crippen LogP) is 2.41. The normalized spacial score (nSPS) is 15.9. The minimum atomic E-state index is -3.80. The molecule has 1 unspecified atom stereocenters. The van der Waals surface area contributed by atoms with E-state index in [1.165, 1.54) is 24.3 Å². The van der Waals surface area contributed by atoms with Gasteiger partial charge in [0, 0.05) is 13.1 Å². The smallest absolute Gasteiger partial charge is 0.233 e. The van der Waals surface area contributed by atoms with Gasteiger partial charge in [0.15, 0.2) is 9.84 Å². The van der Waals surface area contributed by atoms with E-state index in [4.69, 9.17) is 4.74 Å². The Labute approximate surface area is 188 Å². The van der Waals surface area contributed by atoms with E-state index in [0.29, 0.717) is 10.6 Å². The summed E-state index contributed by atoms with van der Waals surface area (Å²) in [6.07, 6.45) is 3.23. The molecule has 0 bridgehead atoms. The van der Waals surface area contributed by atoms with Gasteiger partial charge < -0.3 is 9.84 Å². The van der Waals surface area contributed by atoms with Crippen molar-refractivity contribution >= 4 is 16.2 Å². The highest BCUT2D eigenvalue weighted by Crippen LogP contribution is 2.25. The molecule has 1 atom stereocenters. The molecule has 8 nitrogen and oxygen atoms in total. The summed E-state index contributed by atoms with van der Waals surface area (Å²) in [7, 11) is -3.80. The number of phenolic OH excluding ortho intramolecular Hbond substituents is 1. The van der Waals surface area contributed by atoms with Crippen LogP contribution in [0.4, 0.5) is 0 Å². The summed E-state index contributed by atoms with van der Waals surface area (Å²) in [4.78, 5) is 13.6. The SMILES string of the molecule is O=CN(O)C(CS(=O)(=O)c1ccc(O)cc1)c1ccc(CCCCN2CCOCC2)cc1. The maximum absolute atomic E-state index is 12.8. The molecule has 0 aliphatic carbocycles. The lowest BCUT2D eigenvalue weighted by Gasteiger charge is -2.26. The van der Waals surface area contributed by atoms with Gasteiger partial charge in [-0.25, -0.2) is 13.5 Å². The highest BCUT2D eigenvalue weighted by atomic mass is 32.2. The van der Waals surface area contributed by atoms with E-state index < -0.39 is 21.6 Å². The van der Waals surface area contributed by atoms with Gasteiger partial charge in [0.1, 0.15) is 5.75 Å². The summed E-state index contributed by atoms with van der Waals surface area (Å²) in [5.41, 5.74) is 1.64. The number of benzene rings is 2. The molecule has 1 fully saturated rings. The molecule has 1 amide bonds. The first-order valence-corrected chi connectivity index (χ1v) is 12.4. The lowest BCUT2D eigenvalue weighted by molar-refractivity contribution is -0.158. The molecule has 0 saturated carbocycles. The zero-order chi connectivity index (χ0) is 23.0. The second-order valence-electron chi connectivity index (χ2n) is 7.93. The number of carbonyl (C=O) groups is 1. The molecule has 1 heterocycles. The van der Waals surface area contributed by atoms with Crippen LogP contribution in [0.3, 0.4) is 0 Å². The Hall–Kier alpha value is -2.46. The van der Waals surface area contributed by atoms with Crippen LogP contribution in [0.2, 0.25) is 0 Å². The van der Waals surface area contributed by atoms with Crippen LogP contribution < -0.4 is 0 Å². The molecule has 2 aromatic carbocycles. The fourth-order valence-corrected chi connectivity index (χ4v) is 5.26. The van der Waals surface area contributed by atoms with Crippen molar-refractivity contribution in [3.63, 3.8) is 0 Å². The molecule has 1 saturated heterocycles. The van der Waals surface area contributed by atoms with Crippen LogP contribution in [0.1, 0.15) is 30.0 Å². The average molecular weight is 463 g/mol. The first-order valence-electron chi connectivity index (χ1n) is 10.7. The van der Waals surface area contributed by atoms with Crippen LogP contribution >= 0.6 is 0 Å². The fraction of sp³-hybridized carbons (Fsp3) is 0.435. The van der Waals surface area contributed by atoms with Crippen LogP contribution in [0, 0.1) is 0 Å². The maximum Gasteiger partial charge on any atom is 0.233 e. The number of hydrogen-bond acceptors (Lipinski definition) is 7. The number of phenols is 1. The summed E-state index contributed by atoms with van der Waals surface area (Å²) in [6, 6.07) is 11.4. The Morgan fingerprint density at radius 3 is 2.31 bits per heavy atom. The third kappa shape index (κ3) is 6.77. The summed E-state index contributed by atoms with van der Waals surface area (Å²) < 4.78 is 30.9. The molecule has 0 spiro atoms. The van der Waals surface area contributed by atoms with Gasteiger partial charge in [0.25, 0.3) is 0 Å². The standard InChI is InChI=1S/C23H30N2O6S/c26-18-25(28)23(17-32(29,30)22-10-8-21(27)9-11-22)20-6-4-19(5-7-20)3-1-2-12-24-13-15-31-16-14-24/h4-11,18,23,27-28H,1-3,12-17H2. The number of aromatic hydroxyl groups is 1. The van der Waals surface area contributed by atoms with Crippen molar-refractivity contribution in [1.82, 2.24) is 9.96 Å². The average Bonchev–Trinajstić information content (AvgIpc) is 2.81. The first-order chi connectivity index (χ1) is 15.4. The monoisotopic (exact) mass is 462 g/mol. The number of nitrogens with zero attached hydrogens (tertiary/aromatic N) is 2. The Balaban J connectivity index is 1.61. The number of sulfone groups is 1. The van der Waals surface area contributed by atoms with Crippen LogP contribution in [-0.2, 0) is 25.8 Å². The van der Waals surface area contributed by atoms with Crippen molar-refractivity contribution in [2.75, 3.05) is 38.6 Å². The van der Waals surface area contributed by atoms with Gasteiger partial charge >= 0.3 is 0 Å². The third-order valence-corrected chi connectivity index (χ3v) is 7.40. The number of amides is 1. The van der Waals surface area contributed by atoms with E-state index in [9.17, 15) is 23.5 Å². The molecule has 1 aliphatic heterocycles. The van der Waals surface area contributed by atoms with Gasteiger partial charge in [0.2, 0.25) is 6.41 Å². The molecule has 2 aromatic rings. The van der Waals surface area contributed by atoms with Crippen LogP contribution in [0.25, 0.3) is 0 Å². The van der Waals surface area contributed by atoms with Gasteiger partial charge in [-0.2, -0.15) is 0 Å². The summed E-state index contributed by atoms with van der Waals surface area (Å²) in [5, 5.41) is 19.8. The summed E-state index contributed by atoms with van der Waals surface area (Å²) >= 11 is 0. The predicted molar refractivity (Wildman–Crippen MR) is 119 cm³/mol. The van der Waals surface area contributed by atoms with Gasteiger partial charge in [-0.05, 0) is 61.2 Å². The summed E-state index contributed by atoms with van der Waals surface area (Å²) in [6.45, 7) is 4.62. The number of aryl methyl sites for hydroxylation is 1. The van der Waals surface area contributed by atoms with E-state index in [-0.39, 0.29) is 17.1 Å². The minimum absolute atomic E-state index is 0.0106. The van der Waals surface area contributed by atoms with E-state index in [1.54, 1.807) is 12.1 Å². The lowest BCUT2D eigenvalue weighted by atomic mass is 10.0. The number of rotatable bonds is 11. The highest BCUT2D eigenvalue weighted by Gasteiger charge is 2.27. The molecule has 32 heavy (non-hydrogen) atoms. The van der Waals surface area contributed by atoms with E-state index >= 15 is 0 Å². The molecule has 2 N–H and O–H groups in total. The molecular formula is C23H30N2O6S. The van der Waals surface area contributed by atoms with Crippen LogP contribution in [0.15, 0.2) is 53.4 Å². The van der Waals surface area contributed by atoms with Crippen LogP contribution in [0.5, 0.6) is 5.75 Å². The zero-order valence-corrected chi connectivity index (χ0v) is 18.8. The number of unbranched alkanes of at least 4 members (excludes halogenated alkanes) is 1. The Morgan fingerprint density at radius 1 is 1.03 bits per heavy atom. The quantitative estimate of drug-likeness (QED) is 0.229. The zero-order valence-electron chi connectivity index (χ0n) is 18.0. The van der Waals surface area contributed by atoms with Gasteiger partial charge in [-0.3, -0.25) is 14.9 Å². The molecular weight excluding hydrogens is 432 g/mol. The molecule has 1 aliphatic rings. The Kier molecular flexibility index (Phi) is 8.63. The van der Waals surface area contributed by atoms with E-state index in [2.05, 4.69) is 4.90 Å². The largest absolute Gasteiger partial charge is 0.508 e. The van der Waals surface area contributed by atoms with Gasteiger partial charge in [-0.15, -0.1) is 0 Å². The van der Waals surface area contributed by atoms with Gasteiger partial charge in [0.05, 0.1) is 29.9 Å².